The van der Waals surface area contributed by atoms with Crippen molar-refractivity contribution in [2.75, 3.05) is 0 Å². The van der Waals surface area contributed by atoms with E-state index in [2.05, 4.69) is 152 Å². The van der Waals surface area contributed by atoms with Gasteiger partial charge in [0.2, 0.25) is 0 Å². The maximum atomic E-state index is 5.19. The van der Waals surface area contributed by atoms with Gasteiger partial charge in [-0.15, -0.1) is 0 Å². The van der Waals surface area contributed by atoms with Crippen LogP contribution in [0.25, 0.3) is 88.1 Å². The molecule has 0 N–H and O–H groups in total. The highest BCUT2D eigenvalue weighted by molar-refractivity contribution is 6.07. The van der Waals surface area contributed by atoms with Crippen LogP contribution in [-0.2, 0) is 0 Å². The molecule has 0 aliphatic heterocycles. The van der Waals surface area contributed by atoms with Gasteiger partial charge in [0, 0.05) is 21.9 Å². The van der Waals surface area contributed by atoms with E-state index in [0.29, 0.717) is 0 Å². The first-order chi connectivity index (χ1) is 22.8. The second-order valence-electron chi connectivity index (χ2n) is 11.8. The normalized spacial score (nSPS) is 11.5. The van der Waals surface area contributed by atoms with Crippen LogP contribution in [0, 0.1) is 0 Å². The Bertz CT molecular complexity index is 2570. The Kier molecular flexibility index (Phi) is 6.17. The Labute approximate surface area is 267 Å². The molecule has 0 saturated carbocycles. The number of rotatable bonds is 4. The van der Waals surface area contributed by atoms with E-state index in [1.54, 1.807) is 0 Å². The van der Waals surface area contributed by atoms with E-state index in [0.717, 1.165) is 44.3 Å². The molecule has 0 saturated heterocycles. The fourth-order valence-corrected chi connectivity index (χ4v) is 6.69. The van der Waals surface area contributed by atoms with E-state index in [1.165, 1.54) is 43.8 Å². The smallest absolute Gasteiger partial charge is 0.0972 e. The molecule has 7 aromatic carbocycles. The Morgan fingerprint density at radius 1 is 0.283 bits per heavy atom. The Hall–Kier alpha value is -6.12. The minimum Gasteiger partial charge on any atom is -0.245 e. The lowest BCUT2D eigenvalue weighted by molar-refractivity contribution is 1.37. The molecule has 214 valence electrons. The summed E-state index contributed by atoms with van der Waals surface area (Å²) in [5.74, 6) is 0. The number of benzene rings is 7. The van der Waals surface area contributed by atoms with Gasteiger partial charge in [0.1, 0.15) is 0 Å². The maximum Gasteiger partial charge on any atom is 0.0972 e. The third-order valence-corrected chi connectivity index (χ3v) is 9.05. The van der Waals surface area contributed by atoms with Crippen LogP contribution < -0.4 is 0 Å². The van der Waals surface area contributed by atoms with Crippen molar-refractivity contribution < 1.29 is 0 Å². The first-order valence-electron chi connectivity index (χ1n) is 15.7. The lowest BCUT2D eigenvalue weighted by atomic mass is 9.91. The number of hydrogen-bond donors (Lipinski definition) is 0. The second-order valence-corrected chi connectivity index (χ2v) is 11.8. The topological polar surface area (TPSA) is 25.8 Å². The number of nitrogens with zero attached hydrogens (tertiary/aromatic N) is 2. The Morgan fingerprint density at radius 2 is 0.717 bits per heavy atom. The van der Waals surface area contributed by atoms with Crippen LogP contribution in [0.15, 0.2) is 170 Å². The number of hydrogen-bond acceptors (Lipinski definition) is 2. The van der Waals surface area contributed by atoms with Crippen LogP contribution in [-0.4, -0.2) is 9.97 Å². The largest absolute Gasteiger partial charge is 0.245 e. The van der Waals surface area contributed by atoms with Crippen LogP contribution in [0.2, 0.25) is 0 Å². The third kappa shape index (κ3) is 4.51. The van der Waals surface area contributed by atoms with Crippen LogP contribution in [0.4, 0.5) is 0 Å². The summed E-state index contributed by atoms with van der Waals surface area (Å²) in [6.45, 7) is 0. The van der Waals surface area contributed by atoms with Crippen LogP contribution in [0.5, 0.6) is 0 Å². The molecule has 2 heteroatoms. The summed E-state index contributed by atoms with van der Waals surface area (Å²) in [5, 5.41) is 7.10. The van der Waals surface area contributed by atoms with E-state index in [4.69, 9.17) is 9.97 Å². The summed E-state index contributed by atoms with van der Waals surface area (Å²) in [4.78, 5) is 10.3. The molecule has 0 spiro atoms. The molecule has 0 fully saturated rings. The SMILES string of the molecule is c1ccc(-c2ccc3ccc4ccc(-c5ccc6cc(-c7ccc(-c8ccccc8)c8ccccc78)ccc6c5)nc4c3n2)cc1. The maximum absolute atomic E-state index is 5.19. The van der Waals surface area contributed by atoms with Gasteiger partial charge in [0.15, 0.2) is 0 Å². The highest BCUT2D eigenvalue weighted by Gasteiger charge is 2.12. The van der Waals surface area contributed by atoms with E-state index < -0.39 is 0 Å². The average Bonchev–Trinajstić information content (AvgIpc) is 3.14. The van der Waals surface area contributed by atoms with E-state index >= 15 is 0 Å². The summed E-state index contributed by atoms with van der Waals surface area (Å²) < 4.78 is 0. The van der Waals surface area contributed by atoms with Crippen LogP contribution >= 0.6 is 0 Å². The fourth-order valence-electron chi connectivity index (χ4n) is 6.69. The first-order valence-corrected chi connectivity index (χ1v) is 15.7. The molecule has 9 aromatic rings. The van der Waals surface area contributed by atoms with Gasteiger partial charge < -0.3 is 0 Å². The zero-order valence-corrected chi connectivity index (χ0v) is 25.1. The highest BCUT2D eigenvalue weighted by atomic mass is 14.8. The molecule has 0 aliphatic rings. The van der Waals surface area contributed by atoms with E-state index in [1.807, 2.05) is 18.2 Å². The van der Waals surface area contributed by atoms with Crippen molar-refractivity contribution in [3.63, 3.8) is 0 Å². The molecule has 2 heterocycles. The van der Waals surface area contributed by atoms with Crippen molar-refractivity contribution in [1.82, 2.24) is 9.97 Å². The second kappa shape index (κ2) is 10.8. The van der Waals surface area contributed by atoms with Gasteiger partial charge in [-0.25, -0.2) is 9.97 Å². The zero-order valence-electron chi connectivity index (χ0n) is 25.1. The van der Waals surface area contributed by atoms with Crippen LogP contribution in [0.3, 0.4) is 0 Å². The molecule has 2 nitrogen and oxygen atoms in total. The summed E-state index contributed by atoms with van der Waals surface area (Å²) in [6, 6.07) is 60.4. The molecule has 2 aromatic heterocycles. The molecule has 0 radical (unpaired) electrons. The number of fused-ring (bicyclic) bond motifs is 5. The Balaban J connectivity index is 1.12. The highest BCUT2D eigenvalue weighted by Crippen LogP contribution is 2.37. The minimum absolute atomic E-state index is 0.925. The van der Waals surface area contributed by atoms with Gasteiger partial charge in [-0.05, 0) is 68.1 Å². The summed E-state index contributed by atoms with van der Waals surface area (Å²) in [6.07, 6.45) is 0. The molecule has 0 aliphatic carbocycles. The fraction of sp³-hybridized carbons (Fsp3) is 0. The van der Waals surface area contributed by atoms with Crippen molar-refractivity contribution in [2.45, 2.75) is 0 Å². The van der Waals surface area contributed by atoms with Crippen molar-refractivity contribution >= 4 is 43.4 Å². The summed E-state index contributed by atoms with van der Waals surface area (Å²) in [5.41, 5.74) is 10.9. The molecule has 0 atom stereocenters. The average molecular weight is 585 g/mol. The minimum atomic E-state index is 0.925. The molecular weight excluding hydrogens is 556 g/mol. The molecule has 46 heavy (non-hydrogen) atoms. The number of aromatic nitrogens is 2. The predicted octanol–water partition coefficient (Wildman–Crippen LogP) is 11.8. The number of pyridine rings is 2. The molecular formula is C44H28N2. The first kappa shape index (κ1) is 26.3. The standard InChI is InChI=1S/C44H28N2/c1-3-9-29(10-4-1)37-23-24-38(40-14-8-7-13-39(37)40)35-19-17-34-28-36(20-18-33(34)27-35)42-26-22-32-16-15-31-21-25-41(30-11-5-2-6-12-30)45-43(31)44(32)46-42/h1-28H. The van der Waals surface area contributed by atoms with Crippen molar-refractivity contribution in [3.8, 4) is 44.8 Å². The predicted molar refractivity (Wildman–Crippen MR) is 194 cm³/mol. The van der Waals surface area contributed by atoms with E-state index in [-0.39, 0.29) is 0 Å². The van der Waals surface area contributed by atoms with Gasteiger partial charge in [-0.3, -0.25) is 0 Å². The van der Waals surface area contributed by atoms with Gasteiger partial charge in [0.05, 0.1) is 22.4 Å². The molecule has 0 amide bonds. The van der Waals surface area contributed by atoms with Crippen molar-refractivity contribution in [3.05, 3.63) is 170 Å². The quantitative estimate of drug-likeness (QED) is 0.192. The lowest BCUT2D eigenvalue weighted by Crippen LogP contribution is -1.91. The third-order valence-electron chi connectivity index (χ3n) is 9.05. The summed E-state index contributed by atoms with van der Waals surface area (Å²) >= 11 is 0. The van der Waals surface area contributed by atoms with Gasteiger partial charge in [-0.1, -0.05) is 146 Å². The zero-order chi connectivity index (χ0) is 30.5. The Morgan fingerprint density at radius 3 is 1.33 bits per heavy atom. The lowest BCUT2D eigenvalue weighted by Gasteiger charge is -2.13. The van der Waals surface area contributed by atoms with Crippen LogP contribution in [0.1, 0.15) is 0 Å². The molecule has 9 rings (SSSR count). The summed E-state index contributed by atoms with van der Waals surface area (Å²) in [7, 11) is 0. The molecule has 0 unspecified atom stereocenters. The molecule has 0 bridgehead atoms. The van der Waals surface area contributed by atoms with Gasteiger partial charge in [-0.2, -0.15) is 0 Å². The van der Waals surface area contributed by atoms with E-state index in [9.17, 15) is 0 Å². The van der Waals surface area contributed by atoms with Crippen molar-refractivity contribution in [2.24, 2.45) is 0 Å². The van der Waals surface area contributed by atoms with Gasteiger partial charge >= 0.3 is 0 Å². The van der Waals surface area contributed by atoms with Gasteiger partial charge in [0.25, 0.3) is 0 Å². The van der Waals surface area contributed by atoms with Crippen molar-refractivity contribution in [1.29, 1.82) is 0 Å². The monoisotopic (exact) mass is 584 g/mol.